The van der Waals surface area contributed by atoms with Crippen LogP contribution in [0.5, 0.6) is 11.5 Å². The quantitative estimate of drug-likeness (QED) is 0.685. The van der Waals surface area contributed by atoms with Crippen molar-refractivity contribution in [2.75, 3.05) is 57.4 Å². The number of phenols is 1. The van der Waals surface area contributed by atoms with Crippen LogP contribution in [0.2, 0.25) is 0 Å². The van der Waals surface area contributed by atoms with E-state index in [2.05, 4.69) is 11.6 Å². The second kappa shape index (κ2) is 8.94. The van der Waals surface area contributed by atoms with Gasteiger partial charge in [0.05, 0.1) is 30.5 Å². The number of morpholine rings is 1. The molecule has 3 aliphatic heterocycles. The summed E-state index contributed by atoms with van der Waals surface area (Å²) in [6.07, 6.45) is 1.26. The molecule has 34 heavy (non-hydrogen) atoms. The fourth-order valence-corrected chi connectivity index (χ4v) is 4.65. The molecular weight excluding hydrogens is 443 g/mol. The number of anilines is 1. The molecule has 0 radical (unpaired) electrons. The maximum atomic E-state index is 14.7. The lowest BCUT2D eigenvalue weighted by Crippen LogP contribution is -2.57. The van der Waals surface area contributed by atoms with Crippen LogP contribution < -0.4 is 9.64 Å². The minimum Gasteiger partial charge on any atom is -0.507 e. The van der Waals surface area contributed by atoms with E-state index in [4.69, 9.17) is 9.47 Å². The van der Waals surface area contributed by atoms with Crippen molar-refractivity contribution in [2.24, 2.45) is 0 Å². The smallest absolute Gasteiger partial charge is 0.261 e. The van der Waals surface area contributed by atoms with E-state index in [1.807, 2.05) is 4.90 Å². The molecule has 9 nitrogen and oxygen atoms in total. The normalized spacial score (nSPS) is 20.2. The highest BCUT2D eigenvalue weighted by molar-refractivity contribution is 6.03. The highest BCUT2D eigenvalue weighted by atomic mass is 19.1. The van der Waals surface area contributed by atoms with Crippen molar-refractivity contribution in [2.45, 2.75) is 6.04 Å². The van der Waals surface area contributed by atoms with Gasteiger partial charge in [-0.05, 0) is 18.2 Å². The molecule has 4 heterocycles. The van der Waals surface area contributed by atoms with Crippen molar-refractivity contribution >= 4 is 17.6 Å². The molecule has 178 valence electrons. The first-order valence-corrected chi connectivity index (χ1v) is 11.2. The SMILES string of the molecule is C=CC(=O)N1CCN2C(=O)c3c(cc(-c4c(O)cccc4F)nc3N3CCOCC3)OCC2C1. The van der Waals surface area contributed by atoms with Crippen LogP contribution >= 0.6 is 0 Å². The van der Waals surface area contributed by atoms with Crippen LogP contribution in [0.3, 0.4) is 0 Å². The summed E-state index contributed by atoms with van der Waals surface area (Å²) in [4.78, 5) is 35.8. The van der Waals surface area contributed by atoms with Crippen molar-refractivity contribution in [1.82, 2.24) is 14.8 Å². The van der Waals surface area contributed by atoms with Gasteiger partial charge >= 0.3 is 0 Å². The van der Waals surface area contributed by atoms with Gasteiger partial charge in [0.1, 0.15) is 35.3 Å². The molecule has 2 saturated heterocycles. The summed E-state index contributed by atoms with van der Waals surface area (Å²) in [6, 6.07) is 5.20. The summed E-state index contributed by atoms with van der Waals surface area (Å²) in [5.41, 5.74) is 0.417. The molecule has 0 aliphatic carbocycles. The van der Waals surface area contributed by atoms with E-state index < -0.39 is 5.82 Å². The lowest BCUT2D eigenvalue weighted by molar-refractivity contribution is -0.128. The Morgan fingerprint density at radius 3 is 2.74 bits per heavy atom. The maximum Gasteiger partial charge on any atom is 0.261 e. The van der Waals surface area contributed by atoms with Gasteiger partial charge in [-0.2, -0.15) is 0 Å². The number of hydrogen-bond donors (Lipinski definition) is 1. The first-order valence-electron chi connectivity index (χ1n) is 11.2. The molecule has 1 unspecified atom stereocenters. The third-order valence-corrected chi connectivity index (χ3v) is 6.40. The number of carbonyl (C=O) groups is 2. The van der Waals surface area contributed by atoms with Crippen molar-refractivity contribution in [3.05, 3.63) is 48.3 Å². The van der Waals surface area contributed by atoms with Crippen LogP contribution in [0.15, 0.2) is 36.9 Å². The van der Waals surface area contributed by atoms with Crippen LogP contribution in [0.1, 0.15) is 10.4 Å². The molecule has 3 aliphatic rings. The molecule has 0 saturated carbocycles. The monoisotopic (exact) mass is 468 g/mol. The molecule has 2 aromatic rings. The number of benzene rings is 1. The summed E-state index contributed by atoms with van der Waals surface area (Å²) in [5.74, 6) is -0.681. The molecule has 1 aromatic carbocycles. The molecular formula is C24H25FN4O5. The lowest BCUT2D eigenvalue weighted by atomic mass is 10.1. The van der Waals surface area contributed by atoms with Gasteiger partial charge in [-0.1, -0.05) is 12.6 Å². The topological polar surface area (TPSA) is 95.4 Å². The van der Waals surface area contributed by atoms with Gasteiger partial charge in [0.15, 0.2) is 0 Å². The zero-order chi connectivity index (χ0) is 23.8. The lowest BCUT2D eigenvalue weighted by Gasteiger charge is -2.39. The number of amides is 2. The second-order valence-corrected chi connectivity index (χ2v) is 8.39. The molecule has 2 amide bonds. The number of phenolic OH excluding ortho intramolecular Hbond substituents is 1. The Morgan fingerprint density at radius 1 is 1.21 bits per heavy atom. The summed E-state index contributed by atoms with van der Waals surface area (Å²) in [6.45, 7) is 6.71. The maximum absolute atomic E-state index is 14.7. The van der Waals surface area contributed by atoms with Gasteiger partial charge in [0.2, 0.25) is 5.91 Å². The largest absolute Gasteiger partial charge is 0.507 e. The Kier molecular flexibility index (Phi) is 5.82. The Hall–Kier alpha value is -3.66. The highest BCUT2D eigenvalue weighted by Crippen LogP contribution is 2.39. The van der Waals surface area contributed by atoms with E-state index in [1.165, 1.54) is 30.3 Å². The van der Waals surface area contributed by atoms with E-state index in [0.29, 0.717) is 57.3 Å². The van der Waals surface area contributed by atoms with Crippen LogP contribution in [0, 0.1) is 5.82 Å². The van der Waals surface area contributed by atoms with Gasteiger partial charge in [-0.3, -0.25) is 9.59 Å². The minimum atomic E-state index is -0.628. The van der Waals surface area contributed by atoms with E-state index in [9.17, 15) is 19.1 Å². The van der Waals surface area contributed by atoms with Crippen LogP contribution in [-0.2, 0) is 9.53 Å². The molecule has 0 bridgehead atoms. The van der Waals surface area contributed by atoms with Gasteiger partial charge in [-0.25, -0.2) is 9.37 Å². The molecule has 1 N–H and O–H groups in total. The Morgan fingerprint density at radius 2 is 2.00 bits per heavy atom. The second-order valence-electron chi connectivity index (χ2n) is 8.39. The number of aromatic nitrogens is 1. The zero-order valence-electron chi connectivity index (χ0n) is 18.6. The number of fused-ring (bicyclic) bond motifs is 2. The third-order valence-electron chi connectivity index (χ3n) is 6.40. The standard InChI is InChI=1S/C24H25FN4O5/c1-2-20(31)28-6-7-29-15(13-28)14-34-19-12-17(21-16(25)4-3-5-18(21)30)26-23(22(19)24(29)32)27-8-10-33-11-9-27/h2-5,12,15,30H,1,6-11,13-14H2. The van der Waals surface area contributed by atoms with E-state index in [1.54, 1.807) is 9.80 Å². The summed E-state index contributed by atoms with van der Waals surface area (Å²) in [7, 11) is 0. The molecule has 5 rings (SSSR count). The number of pyridine rings is 1. The number of carbonyl (C=O) groups excluding carboxylic acids is 2. The number of halogens is 1. The zero-order valence-corrected chi connectivity index (χ0v) is 18.6. The number of piperazine rings is 1. The van der Waals surface area contributed by atoms with E-state index in [-0.39, 0.29) is 47.2 Å². The average Bonchev–Trinajstić information content (AvgIpc) is 3.00. The number of hydrogen-bond acceptors (Lipinski definition) is 7. The fraction of sp³-hybridized carbons (Fsp3) is 0.375. The van der Waals surface area contributed by atoms with Gasteiger partial charge in [0, 0.05) is 38.8 Å². The molecule has 2 fully saturated rings. The predicted molar refractivity (Wildman–Crippen MR) is 121 cm³/mol. The molecule has 1 aromatic heterocycles. The summed E-state index contributed by atoms with van der Waals surface area (Å²) < 4.78 is 26.3. The van der Waals surface area contributed by atoms with E-state index in [0.717, 1.165) is 0 Å². The van der Waals surface area contributed by atoms with Crippen LogP contribution in [-0.4, -0.2) is 90.3 Å². The van der Waals surface area contributed by atoms with Gasteiger partial charge in [-0.15, -0.1) is 0 Å². The molecule has 10 heteroatoms. The highest BCUT2D eigenvalue weighted by Gasteiger charge is 2.39. The Balaban J connectivity index is 1.60. The van der Waals surface area contributed by atoms with Crippen LogP contribution in [0.25, 0.3) is 11.3 Å². The Labute approximate surface area is 196 Å². The predicted octanol–water partition coefficient (Wildman–Crippen LogP) is 1.66. The van der Waals surface area contributed by atoms with Crippen molar-refractivity contribution in [3.63, 3.8) is 0 Å². The van der Waals surface area contributed by atoms with Crippen molar-refractivity contribution in [3.8, 4) is 22.8 Å². The number of rotatable bonds is 3. The fourth-order valence-electron chi connectivity index (χ4n) is 4.65. The Bertz CT molecular complexity index is 1130. The third kappa shape index (κ3) is 3.83. The van der Waals surface area contributed by atoms with Crippen molar-refractivity contribution in [1.29, 1.82) is 0 Å². The average molecular weight is 468 g/mol. The first kappa shape index (κ1) is 22.1. The van der Waals surface area contributed by atoms with E-state index >= 15 is 0 Å². The first-order chi connectivity index (χ1) is 16.5. The number of ether oxygens (including phenoxy) is 2. The number of aromatic hydroxyl groups is 1. The van der Waals surface area contributed by atoms with Gasteiger partial charge in [0.25, 0.3) is 5.91 Å². The van der Waals surface area contributed by atoms with Crippen molar-refractivity contribution < 1.29 is 28.6 Å². The summed E-state index contributed by atoms with van der Waals surface area (Å²) in [5, 5.41) is 10.4. The minimum absolute atomic E-state index is 0.0550. The molecule has 0 spiro atoms. The molecule has 1 atom stereocenters. The summed E-state index contributed by atoms with van der Waals surface area (Å²) >= 11 is 0. The number of nitrogens with zero attached hydrogens (tertiary/aromatic N) is 4. The van der Waals surface area contributed by atoms with Gasteiger partial charge < -0.3 is 29.3 Å². The van der Waals surface area contributed by atoms with Crippen LogP contribution in [0.4, 0.5) is 10.2 Å².